The third-order valence-corrected chi connectivity index (χ3v) is 6.89. The maximum Gasteiger partial charge on any atom is 0.251 e. The summed E-state index contributed by atoms with van der Waals surface area (Å²) in [6.07, 6.45) is 6.68. The van der Waals surface area contributed by atoms with Crippen molar-refractivity contribution in [2.45, 2.75) is 56.0 Å². The molecule has 1 aromatic heterocycles. The van der Waals surface area contributed by atoms with Crippen molar-refractivity contribution in [1.82, 2.24) is 10.0 Å². The molecule has 1 amide bonds. The number of sulfonamides is 1. The molecule has 1 heterocycles. The molecule has 0 bridgehead atoms. The van der Waals surface area contributed by atoms with Gasteiger partial charge in [0.1, 0.15) is 0 Å². The van der Waals surface area contributed by atoms with Crippen molar-refractivity contribution in [2.75, 3.05) is 0 Å². The van der Waals surface area contributed by atoms with Crippen LogP contribution in [0.25, 0.3) is 0 Å². The van der Waals surface area contributed by atoms with Gasteiger partial charge < -0.3 is 5.32 Å². The lowest BCUT2D eigenvalue weighted by Crippen LogP contribution is -2.34. The first-order valence-electron chi connectivity index (χ1n) is 8.97. The van der Waals surface area contributed by atoms with E-state index in [-0.39, 0.29) is 23.4 Å². The van der Waals surface area contributed by atoms with Crippen LogP contribution < -0.4 is 10.0 Å². The van der Waals surface area contributed by atoms with Gasteiger partial charge in [0, 0.05) is 23.0 Å². The summed E-state index contributed by atoms with van der Waals surface area (Å²) < 4.78 is 27.6. The minimum absolute atomic E-state index is 0.113. The van der Waals surface area contributed by atoms with Gasteiger partial charge in [0.15, 0.2) is 0 Å². The molecule has 0 atom stereocenters. The Kier molecular flexibility index (Phi) is 6.45. The second-order valence-electron chi connectivity index (χ2n) is 6.59. The Labute approximate surface area is 158 Å². The average Bonchev–Trinajstić information content (AvgIpc) is 3.04. The van der Waals surface area contributed by atoms with Gasteiger partial charge in [0.2, 0.25) is 10.0 Å². The Hall–Kier alpha value is -1.70. The lowest BCUT2D eigenvalue weighted by Gasteiger charge is -2.16. The molecule has 2 aromatic rings. The van der Waals surface area contributed by atoms with Crippen LogP contribution >= 0.6 is 11.3 Å². The zero-order valence-corrected chi connectivity index (χ0v) is 16.2. The summed E-state index contributed by atoms with van der Waals surface area (Å²) in [5, 5.41) is 4.96. The summed E-state index contributed by atoms with van der Waals surface area (Å²) in [7, 11) is -3.65. The average molecular weight is 393 g/mol. The third kappa shape index (κ3) is 5.16. The Bertz CT molecular complexity index is 824. The van der Waals surface area contributed by atoms with Gasteiger partial charge in [0.05, 0.1) is 4.90 Å². The summed E-state index contributed by atoms with van der Waals surface area (Å²) in [6, 6.07) is 10.2. The SMILES string of the molecule is O=C(NC1CCCCCC1)c1cccc(S(=O)(=O)NCc2cccs2)c1. The van der Waals surface area contributed by atoms with E-state index in [9.17, 15) is 13.2 Å². The Morgan fingerprint density at radius 1 is 1.08 bits per heavy atom. The van der Waals surface area contributed by atoms with Gasteiger partial charge in [-0.25, -0.2) is 13.1 Å². The number of hydrogen-bond acceptors (Lipinski definition) is 4. The van der Waals surface area contributed by atoms with E-state index in [0.717, 1.165) is 30.6 Å². The van der Waals surface area contributed by atoms with Gasteiger partial charge >= 0.3 is 0 Å². The molecule has 0 spiro atoms. The Morgan fingerprint density at radius 2 is 1.85 bits per heavy atom. The Morgan fingerprint density at radius 3 is 2.54 bits per heavy atom. The highest BCUT2D eigenvalue weighted by Crippen LogP contribution is 2.18. The molecule has 3 rings (SSSR count). The zero-order chi connectivity index (χ0) is 18.4. The Balaban J connectivity index is 1.67. The maximum atomic E-state index is 12.5. The fourth-order valence-electron chi connectivity index (χ4n) is 3.16. The highest BCUT2D eigenvalue weighted by atomic mass is 32.2. The molecule has 1 fully saturated rings. The van der Waals surface area contributed by atoms with E-state index >= 15 is 0 Å². The molecule has 0 unspecified atom stereocenters. The van der Waals surface area contributed by atoms with E-state index in [0.29, 0.717) is 5.56 Å². The smallest absolute Gasteiger partial charge is 0.251 e. The molecule has 0 saturated heterocycles. The molecule has 7 heteroatoms. The van der Waals surface area contributed by atoms with Crippen LogP contribution in [0, 0.1) is 0 Å². The van der Waals surface area contributed by atoms with Gasteiger partial charge in [0.25, 0.3) is 5.91 Å². The summed E-state index contributed by atoms with van der Waals surface area (Å²) >= 11 is 1.50. The van der Waals surface area contributed by atoms with Crippen molar-refractivity contribution in [3.8, 4) is 0 Å². The second kappa shape index (κ2) is 8.79. The summed E-state index contributed by atoms with van der Waals surface area (Å²) in [6.45, 7) is 0.249. The van der Waals surface area contributed by atoms with Gasteiger partial charge in [-0.3, -0.25) is 4.79 Å². The van der Waals surface area contributed by atoms with Crippen LogP contribution in [-0.2, 0) is 16.6 Å². The van der Waals surface area contributed by atoms with E-state index in [4.69, 9.17) is 0 Å². The number of rotatable bonds is 6. The lowest BCUT2D eigenvalue weighted by molar-refractivity contribution is 0.0933. The monoisotopic (exact) mass is 392 g/mol. The van der Waals surface area contributed by atoms with Crippen LogP contribution in [-0.4, -0.2) is 20.4 Å². The first-order chi connectivity index (χ1) is 12.5. The normalized spacial score (nSPS) is 16.2. The number of nitrogens with one attached hydrogen (secondary N) is 2. The number of amides is 1. The van der Waals surface area contributed by atoms with E-state index in [1.165, 1.54) is 36.3 Å². The topological polar surface area (TPSA) is 75.3 Å². The van der Waals surface area contributed by atoms with Crippen LogP contribution in [0.3, 0.4) is 0 Å². The van der Waals surface area contributed by atoms with Crippen molar-refractivity contribution >= 4 is 27.3 Å². The highest BCUT2D eigenvalue weighted by molar-refractivity contribution is 7.89. The van der Waals surface area contributed by atoms with Gasteiger partial charge in [-0.1, -0.05) is 37.8 Å². The minimum atomic E-state index is -3.65. The first kappa shape index (κ1) is 19.1. The van der Waals surface area contributed by atoms with Gasteiger partial charge in [-0.05, 0) is 42.5 Å². The van der Waals surface area contributed by atoms with E-state index in [2.05, 4.69) is 10.0 Å². The van der Waals surface area contributed by atoms with E-state index in [1.807, 2.05) is 17.5 Å². The standard InChI is InChI=1S/C19H24N2O3S2/c22-19(21-16-8-3-1-2-4-9-16)15-7-5-11-18(13-15)26(23,24)20-14-17-10-6-12-25-17/h5-7,10-13,16,20H,1-4,8-9,14H2,(H,21,22). The molecule has 5 nitrogen and oxygen atoms in total. The molecule has 1 saturated carbocycles. The summed E-state index contributed by atoms with van der Waals surface area (Å²) in [5.41, 5.74) is 0.383. The van der Waals surface area contributed by atoms with Crippen molar-refractivity contribution in [1.29, 1.82) is 0 Å². The van der Waals surface area contributed by atoms with Gasteiger partial charge in [-0.2, -0.15) is 0 Å². The molecule has 1 aliphatic rings. The molecular weight excluding hydrogens is 368 g/mol. The third-order valence-electron chi connectivity index (χ3n) is 4.61. The quantitative estimate of drug-likeness (QED) is 0.737. The lowest BCUT2D eigenvalue weighted by atomic mass is 10.1. The van der Waals surface area contributed by atoms with Crippen molar-refractivity contribution < 1.29 is 13.2 Å². The predicted octanol–water partition coefficient (Wildman–Crippen LogP) is 3.68. The van der Waals surface area contributed by atoms with Crippen LogP contribution in [0.15, 0.2) is 46.7 Å². The first-order valence-corrected chi connectivity index (χ1v) is 11.3. The molecule has 2 N–H and O–H groups in total. The largest absolute Gasteiger partial charge is 0.349 e. The fourth-order valence-corrected chi connectivity index (χ4v) is 4.95. The van der Waals surface area contributed by atoms with Crippen molar-refractivity contribution in [3.63, 3.8) is 0 Å². The van der Waals surface area contributed by atoms with E-state index < -0.39 is 10.0 Å². The zero-order valence-electron chi connectivity index (χ0n) is 14.6. The maximum absolute atomic E-state index is 12.5. The number of benzene rings is 1. The number of carbonyl (C=O) groups excluding carboxylic acids is 1. The van der Waals surface area contributed by atoms with Crippen molar-refractivity contribution in [2.24, 2.45) is 0 Å². The number of thiophene rings is 1. The fraction of sp³-hybridized carbons (Fsp3) is 0.421. The van der Waals surface area contributed by atoms with E-state index in [1.54, 1.807) is 12.1 Å². The van der Waals surface area contributed by atoms with Crippen LogP contribution in [0.2, 0.25) is 0 Å². The van der Waals surface area contributed by atoms with Crippen LogP contribution in [0.1, 0.15) is 53.8 Å². The molecule has 1 aliphatic carbocycles. The molecule has 0 radical (unpaired) electrons. The van der Waals surface area contributed by atoms with Crippen molar-refractivity contribution in [3.05, 3.63) is 52.2 Å². The second-order valence-corrected chi connectivity index (χ2v) is 9.39. The highest BCUT2D eigenvalue weighted by Gasteiger charge is 2.19. The molecular formula is C19H24N2O3S2. The molecule has 26 heavy (non-hydrogen) atoms. The number of carbonyl (C=O) groups is 1. The number of hydrogen-bond donors (Lipinski definition) is 2. The minimum Gasteiger partial charge on any atom is -0.349 e. The summed E-state index contributed by atoms with van der Waals surface area (Å²) in [4.78, 5) is 13.6. The molecule has 140 valence electrons. The van der Waals surface area contributed by atoms with Crippen LogP contribution in [0.5, 0.6) is 0 Å². The molecule has 0 aliphatic heterocycles. The van der Waals surface area contributed by atoms with Crippen LogP contribution in [0.4, 0.5) is 0 Å². The molecule has 1 aromatic carbocycles. The predicted molar refractivity (Wildman–Crippen MR) is 104 cm³/mol. The summed E-state index contributed by atoms with van der Waals surface area (Å²) in [5.74, 6) is -0.202. The van der Waals surface area contributed by atoms with Gasteiger partial charge in [-0.15, -0.1) is 11.3 Å².